The highest BCUT2D eigenvalue weighted by molar-refractivity contribution is 5.85. The number of hydrogen-bond donors (Lipinski definition) is 3. The van der Waals surface area contributed by atoms with Crippen LogP contribution in [-0.4, -0.2) is 57.6 Å². The first-order valence-corrected chi connectivity index (χ1v) is 9.22. The van der Waals surface area contributed by atoms with E-state index in [-0.39, 0.29) is 12.5 Å². The van der Waals surface area contributed by atoms with Gasteiger partial charge < -0.3 is 25.4 Å². The van der Waals surface area contributed by atoms with Crippen molar-refractivity contribution in [3.05, 3.63) is 36.0 Å². The Morgan fingerprint density at radius 3 is 3.04 bits per heavy atom. The lowest BCUT2D eigenvalue weighted by atomic mass is 9.85. The minimum atomic E-state index is -1.28. The number of nitrogens with zero attached hydrogens (tertiary/aromatic N) is 2. The molecule has 0 saturated carbocycles. The first-order valence-electron chi connectivity index (χ1n) is 9.22. The molecule has 0 aromatic carbocycles. The summed E-state index contributed by atoms with van der Waals surface area (Å²) in [6, 6.07) is 5.43. The fourth-order valence-corrected chi connectivity index (χ4v) is 3.50. The molecule has 1 unspecified atom stereocenters. The van der Waals surface area contributed by atoms with Crippen molar-refractivity contribution in [2.45, 2.75) is 43.5 Å². The van der Waals surface area contributed by atoms with Crippen molar-refractivity contribution in [3.63, 3.8) is 0 Å². The van der Waals surface area contributed by atoms with Crippen LogP contribution in [-0.2, 0) is 9.53 Å². The molecule has 3 atom stereocenters. The summed E-state index contributed by atoms with van der Waals surface area (Å²) < 4.78 is 11.2. The van der Waals surface area contributed by atoms with Gasteiger partial charge >= 0.3 is 0 Å². The lowest BCUT2D eigenvalue weighted by Gasteiger charge is -2.39. The second-order valence-corrected chi connectivity index (χ2v) is 6.93. The van der Waals surface area contributed by atoms with Crippen molar-refractivity contribution in [2.75, 3.05) is 13.7 Å². The van der Waals surface area contributed by atoms with E-state index in [1.807, 2.05) is 24.3 Å². The van der Waals surface area contributed by atoms with Crippen molar-refractivity contribution in [1.82, 2.24) is 9.97 Å². The Labute approximate surface area is 163 Å². The molecule has 8 nitrogen and oxygen atoms in total. The van der Waals surface area contributed by atoms with E-state index in [2.05, 4.69) is 9.97 Å². The molecule has 3 rings (SSSR count). The molecule has 0 radical (unpaired) electrons. The smallest absolute Gasteiger partial charge is 0.249 e. The number of rotatable bonds is 7. The fraction of sp³-hybridized carbons (Fsp3) is 0.450. The van der Waals surface area contributed by atoms with Crippen LogP contribution < -0.4 is 10.5 Å². The molecule has 0 bridgehead atoms. The van der Waals surface area contributed by atoms with Crippen LogP contribution in [0.5, 0.6) is 5.88 Å². The fourth-order valence-electron chi connectivity index (χ4n) is 3.50. The van der Waals surface area contributed by atoms with Crippen molar-refractivity contribution in [2.24, 2.45) is 5.73 Å². The number of carbonyl (C=O) groups excluding carboxylic acids is 1. The molecule has 0 spiro atoms. The molecule has 150 valence electrons. The van der Waals surface area contributed by atoms with Crippen molar-refractivity contribution in [1.29, 1.82) is 0 Å². The number of ether oxygens (including phenoxy) is 2. The molecule has 0 aliphatic carbocycles. The molecular formula is C20H25N3O5. The molecule has 1 aliphatic rings. The summed E-state index contributed by atoms with van der Waals surface area (Å²) in [5.74, 6) is -0.131. The number of aliphatic hydroxyl groups is 2. The van der Waals surface area contributed by atoms with E-state index in [1.54, 1.807) is 19.4 Å². The van der Waals surface area contributed by atoms with E-state index in [0.717, 1.165) is 23.9 Å². The van der Waals surface area contributed by atoms with Gasteiger partial charge in [0.25, 0.3) is 0 Å². The second-order valence-electron chi connectivity index (χ2n) is 6.93. The summed E-state index contributed by atoms with van der Waals surface area (Å²) >= 11 is 0. The van der Waals surface area contributed by atoms with E-state index in [9.17, 15) is 9.90 Å². The maximum atomic E-state index is 12.0. The van der Waals surface area contributed by atoms with Crippen LogP contribution in [0.4, 0.5) is 0 Å². The van der Waals surface area contributed by atoms with Gasteiger partial charge in [0.1, 0.15) is 5.60 Å². The maximum Gasteiger partial charge on any atom is 0.249 e. The van der Waals surface area contributed by atoms with Crippen molar-refractivity contribution >= 4 is 23.0 Å². The Balaban J connectivity index is 1.84. The third-order valence-corrected chi connectivity index (χ3v) is 4.96. The van der Waals surface area contributed by atoms with E-state index in [1.165, 1.54) is 0 Å². The summed E-state index contributed by atoms with van der Waals surface area (Å²) in [6.45, 7) is -0.449. The van der Waals surface area contributed by atoms with Gasteiger partial charge in [-0.2, -0.15) is 0 Å². The van der Waals surface area contributed by atoms with Crippen molar-refractivity contribution in [3.8, 4) is 5.88 Å². The predicted octanol–water partition coefficient (Wildman–Crippen LogP) is 1.19. The number of nitrogens with two attached hydrogens (primary N) is 1. The first-order chi connectivity index (χ1) is 13.5. The number of fused-ring (bicyclic) bond motifs is 1. The Hall–Kier alpha value is -2.55. The SMILES string of the molecule is COc1ccc2nccc(/C=C/[C@@H]3CCC[C@@](CC(O)CO)(C(N)=O)O3)c2n1. The van der Waals surface area contributed by atoms with Gasteiger partial charge in [0.15, 0.2) is 0 Å². The average Bonchev–Trinajstić information content (AvgIpc) is 2.71. The Bertz CT molecular complexity index is 872. The lowest BCUT2D eigenvalue weighted by Crippen LogP contribution is -2.52. The number of methoxy groups -OCH3 is 1. The number of pyridine rings is 2. The largest absolute Gasteiger partial charge is 0.481 e. The van der Waals surface area contributed by atoms with Crippen LogP contribution >= 0.6 is 0 Å². The Morgan fingerprint density at radius 2 is 2.32 bits per heavy atom. The van der Waals surface area contributed by atoms with Gasteiger partial charge in [-0.25, -0.2) is 4.98 Å². The van der Waals surface area contributed by atoms with Crippen LogP contribution in [0.25, 0.3) is 17.1 Å². The molecule has 1 aliphatic heterocycles. The molecule has 3 heterocycles. The molecule has 1 amide bonds. The summed E-state index contributed by atoms with van der Waals surface area (Å²) in [4.78, 5) is 20.8. The molecular weight excluding hydrogens is 362 g/mol. The summed E-state index contributed by atoms with van der Waals surface area (Å²) in [5, 5.41) is 18.9. The van der Waals surface area contributed by atoms with Gasteiger partial charge in [-0.3, -0.25) is 9.78 Å². The zero-order valence-electron chi connectivity index (χ0n) is 15.7. The minimum absolute atomic E-state index is 0.0277. The lowest BCUT2D eigenvalue weighted by molar-refractivity contribution is -0.165. The Morgan fingerprint density at radius 1 is 1.50 bits per heavy atom. The minimum Gasteiger partial charge on any atom is -0.481 e. The zero-order valence-corrected chi connectivity index (χ0v) is 15.7. The van der Waals surface area contributed by atoms with Crippen LogP contribution in [0.2, 0.25) is 0 Å². The van der Waals surface area contributed by atoms with Gasteiger partial charge in [-0.1, -0.05) is 12.2 Å². The number of primary amides is 1. The van der Waals surface area contributed by atoms with Gasteiger partial charge in [0.2, 0.25) is 11.8 Å². The Kier molecular flexibility index (Phi) is 6.23. The van der Waals surface area contributed by atoms with Gasteiger partial charge in [0, 0.05) is 24.2 Å². The van der Waals surface area contributed by atoms with E-state index in [0.29, 0.717) is 17.8 Å². The highest BCUT2D eigenvalue weighted by Gasteiger charge is 2.43. The molecule has 4 N–H and O–H groups in total. The number of amides is 1. The van der Waals surface area contributed by atoms with Crippen molar-refractivity contribution < 1.29 is 24.5 Å². The topological polar surface area (TPSA) is 128 Å². The van der Waals surface area contributed by atoms with Crippen LogP contribution in [0.3, 0.4) is 0 Å². The zero-order chi connectivity index (χ0) is 20.1. The number of aliphatic hydroxyl groups excluding tert-OH is 2. The van der Waals surface area contributed by atoms with Gasteiger partial charge in [-0.05, 0) is 31.4 Å². The maximum absolute atomic E-state index is 12.0. The summed E-state index contributed by atoms with van der Waals surface area (Å²) in [5.41, 5.74) is 6.57. The highest BCUT2D eigenvalue weighted by atomic mass is 16.5. The monoisotopic (exact) mass is 387 g/mol. The molecule has 28 heavy (non-hydrogen) atoms. The molecule has 2 aromatic heterocycles. The van der Waals surface area contributed by atoms with E-state index >= 15 is 0 Å². The summed E-state index contributed by atoms with van der Waals surface area (Å²) in [7, 11) is 1.56. The third kappa shape index (κ3) is 4.30. The second kappa shape index (κ2) is 8.64. The third-order valence-electron chi connectivity index (χ3n) is 4.96. The molecule has 1 fully saturated rings. The number of aromatic nitrogens is 2. The number of hydrogen-bond acceptors (Lipinski definition) is 7. The summed E-state index contributed by atoms with van der Waals surface area (Å²) in [6.07, 6.45) is 5.86. The molecule has 8 heteroatoms. The van der Waals surface area contributed by atoms with Gasteiger partial charge in [-0.15, -0.1) is 0 Å². The highest BCUT2D eigenvalue weighted by Crippen LogP contribution is 2.33. The van der Waals surface area contributed by atoms with E-state index in [4.69, 9.17) is 20.3 Å². The van der Waals surface area contributed by atoms with Crippen LogP contribution in [0.15, 0.2) is 30.5 Å². The van der Waals surface area contributed by atoms with Crippen LogP contribution in [0.1, 0.15) is 31.2 Å². The molecule has 2 aromatic rings. The van der Waals surface area contributed by atoms with Crippen LogP contribution in [0, 0.1) is 0 Å². The van der Waals surface area contributed by atoms with E-state index < -0.39 is 24.2 Å². The first kappa shape index (κ1) is 20.2. The quantitative estimate of drug-likeness (QED) is 0.651. The number of carbonyl (C=O) groups is 1. The van der Waals surface area contributed by atoms with Gasteiger partial charge in [0.05, 0.1) is 37.0 Å². The standard InChI is InChI=1S/C20H25N3O5/c1-27-17-7-6-16-18(23-17)13(8-10-22-16)4-5-15-3-2-9-20(28-15,19(21)26)11-14(25)12-24/h4-8,10,14-15,24-25H,2-3,9,11-12H2,1H3,(H2,21,26)/b5-4+/t14?,15-,20+/m0/s1. The molecule has 1 saturated heterocycles. The average molecular weight is 387 g/mol. The normalized spacial score (nSPS) is 23.8. The predicted molar refractivity (Wildman–Crippen MR) is 103 cm³/mol.